The van der Waals surface area contributed by atoms with Crippen molar-refractivity contribution in [1.29, 1.82) is 0 Å². The number of nitrogens with zero attached hydrogens (tertiary/aromatic N) is 4. The monoisotopic (exact) mass is 267 g/mol. The number of rotatable bonds is 3. The van der Waals surface area contributed by atoms with Crippen LogP contribution in [0.5, 0.6) is 0 Å². The summed E-state index contributed by atoms with van der Waals surface area (Å²) in [5.41, 5.74) is 1.80. The zero-order valence-electron chi connectivity index (χ0n) is 10.3. The van der Waals surface area contributed by atoms with Crippen molar-refractivity contribution in [3.05, 3.63) is 36.9 Å². The van der Waals surface area contributed by atoms with E-state index in [9.17, 15) is 9.59 Å². The van der Waals surface area contributed by atoms with Gasteiger partial charge in [0, 0.05) is 19.0 Å². The number of aryl methyl sites for hydroxylation is 2. The fourth-order valence-corrected chi connectivity index (χ4v) is 2.19. The Morgan fingerprint density at radius 1 is 1.39 bits per heavy atom. The molecular weight excluding hydrogens is 254 g/mol. The van der Waals surface area contributed by atoms with Crippen LogP contribution in [0.15, 0.2) is 15.1 Å². The number of thiazole rings is 1. The van der Waals surface area contributed by atoms with Gasteiger partial charge in [0.15, 0.2) is 0 Å². The molecule has 0 saturated heterocycles. The van der Waals surface area contributed by atoms with Gasteiger partial charge in [-0.2, -0.15) is 0 Å². The smallest absolute Gasteiger partial charge is 0.346 e. The van der Waals surface area contributed by atoms with Gasteiger partial charge in [-0.1, -0.05) is 0 Å². The van der Waals surface area contributed by atoms with E-state index in [1.165, 1.54) is 25.4 Å². The lowest BCUT2D eigenvalue weighted by molar-refractivity contribution is 0.604. The van der Waals surface area contributed by atoms with E-state index in [0.29, 0.717) is 6.54 Å². The summed E-state index contributed by atoms with van der Waals surface area (Å²) in [6.45, 7) is 2.37. The molecule has 0 saturated carbocycles. The molecule has 0 spiro atoms. The van der Waals surface area contributed by atoms with E-state index in [2.05, 4.69) is 15.4 Å². The average Bonchev–Trinajstić information content (AvgIpc) is 2.75. The molecule has 96 valence electrons. The van der Waals surface area contributed by atoms with Gasteiger partial charge in [-0.05, 0) is 6.92 Å². The molecular formula is C10H13N5O2S. The Bertz CT molecular complexity index is 684. The van der Waals surface area contributed by atoms with Gasteiger partial charge in [0.25, 0.3) is 5.56 Å². The van der Waals surface area contributed by atoms with Crippen LogP contribution in [0, 0.1) is 6.92 Å². The van der Waals surface area contributed by atoms with E-state index in [-0.39, 0.29) is 5.82 Å². The summed E-state index contributed by atoms with van der Waals surface area (Å²) < 4.78 is 2.15. The fourth-order valence-electron chi connectivity index (χ4n) is 1.47. The minimum Gasteiger partial charge on any atom is -0.359 e. The topological polar surface area (TPSA) is 81.8 Å². The summed E-state index contributed by atoms with van der Waals surface area (Å²) in [4.78, 5) is 28.4. The van der Waals surface area contributed by atoms with Crippen LogP contribution in [0.25, 0.3) is 0 Å². The van der Waals surface area contributed by atoms with Crippen molar-refractivity contribution in [2.75, 3.05) is 5.32 Å². The highest BCUT2D eigenvalue weighted by atomic mass is 32.1. The average molecular weight is 267 g/mol. The molecule has 0 unspecified atom stereocenters. The lowest BCUT2D eigenvalue weighted by Crippen LogP contribution is -2.39. The maximum atomic E-state index is 11.8. The number of hydrogen-bond acceptors (Lipinski definition) is 6. The number of aromatic nitrogens is 4. The lowest BCUT2D eigenvalue weighted by Gasteiger charge is -2.07. The van der Waals surface area contributed by atoms with E-state index in [4.69, 9.17) is 0 Å². The first-order valence-electron chi connectivity index (χ1n) is 5.28. The highest BCUT2D eigenvalue weighted by Crippen LogP contribution is 2.12. The summed E-state index contributed by atoms with van der Waals surface area (Å²) in [6.07, 6.45) is 0. The molecule has 8 heteroatoms. The van der Waals surface area contributed by atoms with Crippen LogP contribution in [-0.2, 0) is 20.6 Å². The predicted molar refractivity (Wildman–Crippen MR) is 68.9 cm³/mol. The molecule has 0 aliphatic rings. The molecule has 0 aromatic carbocycles. The molecule has 7 nitrogen and oxygen atoms in total. The predicted octanol–water partition coefficient (Wildman–Crippen LogP) is -0.144. The first-order valence-corrected chi connectivity index (χ1v) is 6.16. The molecule has 18 heavy (non-hydrogen) atoms. The van der Waals surface area contributed by atoms with E-state index in [1.54, 1.807) is 5.51 Å². The Labute approximate surface area is 107 Å². The summed E-state index contributed by atoms with van der Waals surface area (Å²) in [7, 11) is 2.93. The van der Waals surface area contributed by atoms with Gasteiger partial charge in [0.05, 0.1) is 17.7 Å². The second-order valence-electron chi connectivity index (χ2n) is 3.83. The third kappa shape index (κ3) is 2.19. The summed E-state index contributed by atoms with van der Waals surface area (Å²) in [6, 6.07) is 0. The molecule has 0 radical (unpaired) electrons. The van der Waals surface area contributed by atoms with Crippen LogP contribution < -0.4 is 16.6 Å². The van der Waals surface area contributed by atoms with Gasteiger partial charge >= 0.3 is 5.69 Å². The van der Waals surface area contributed by atoms with Crippen molar-refractivity contribution in [2.24, 2.45) is 14.1 Å². The number of anilines is 1. The van der Waals surface area contributed by atoms with Crippen LogP contribution in [-0.4, -0.2) is 19.3 Å². The normalized spacial score (nSPS) is 10.6. The van der Waals surface area contributed by atoms with Crippen molar-refractivity contribution in [1.82, 2.24) is 19.3 Å². The number of hydrogen-bond donors (Lipinski definition) is 1. The van der Waals surface area contributed by atoms with Crippen molar-refractivity contribution in [3.63, 3.8) is 0 Å². The standard InChI is InChI=1S/C10H13N5O2S/c1-6-7(18-5-12-6)4-11-8-9(16)14(2)10(17)15(3)13-8/h5H,4H2,1-3H3,(H,11,13). The van der Waals surface area contributed by atoms with Crippen molar-refractivity contribution in [2.45, 2.75) is 13.5 Å². The van der Waals surface area contributed by atoms with Crippen LogP contribution >= 0.6 is 11.3 Å². The van der Waals surface area contributed by atoms with Gasteiger partial charge in [-0.3, -0.25) is 9.36 Å². The lowest BCUT2D eigenvalue weighted by atomic mass is 10.4. The molecule has 0 bridgehead atoms. The van der Waals surface area contributed by atoms with Gasteiger partial charge < -0.3 is 5.32 Å². The highest BCUT2D eigenvalue weighted by Gasteiger charge is 2.09. The molecule has 2 aromatic heterocycles. The fraction of sp³-hybridized carbons (Fsp3) is 0.400. The quantitative estimate of drug-likeness (QED) is 0.836. The van der Waals surface area contributed by atoms with Crippen LogP contribution in [0.3, 0.4) is 0 Å². The Kier molecular flexibility index (Phi) is 3.28. The van der Waals surface area contributed by atoms with E-state index in [0.717, 1.165) is 19.8 Å². The molecule has 2 aromatic rings. The van der Waals surface area contributed by atoms with Crippen molar-refractivity contribution >= 4 is 17.2 Å². The van der Waals surface area contributed by atoms with E-state index in [1.807, 2.05) is 6.92 Å². The number of nitrogens with one attached hydrogen (secondary N) is 1. The van der Waals surface area contributed by atoms with Crippen molar-refractivity contribution in [3.8, 4) is 0 Å². The highest BCUT2D eigenvalue weighted by molar-refractivity contribution is 7.09. The third-order valence-electron chi connectivity index (χ3n) is 2.58. The Balaban J connectivity index is 2.28. The SMILES string of the molecule is Cc1ncsc1CNc1nn(C)c(=O)n(C)c1=O. The van der Waals surface area contributed by atoms with Gasteiger partial charge in [-0.15, -0.1) is 16.4 Å². The van der Waals surface area contributed by atoms with Crippen molar-refractivity contribution < 1.29 is 0 Å². The molecule has 2 rings (SSSR count). The largest absolute Gasteiger partial charge is 0.359 e. The summed E-state index contributed by atoms with van der Waals surface area (Å²) in [5, 5.41) is 6.84. The second kappa shape index (κ2) is 4.73. The zero-order chi connectivity index (χ0) is 13.3. The van der Waals surface area contributed by atoms with Gasteiger partial charge in [0.2, 0.25) is 5.82 Å². The Morgan fingerprint density at radius 2 is 2.11 bits per heavy atom. The minimum atomic E-state index is -0.445. The van der Waals surface area contributed by atoms with Gasteiger partial charge in [0.1, 0.15) is 0 Å². The Morgan fingerprint density at radius 3 is 2.72 bits per heavy atom. The molecule has 0 fully saturated rings. The third-order valence-corrected chi connectivity index (χ3v) is 3.52. The summed E-state index contributed by atoms with van der Waals surface area (Å²) >= 11 is 1.51. The van der Waals surface area contributed by atoms with Gasteiger partial charge in [-0.25, -0.2) is 14.5 Å². The zero-order valence-corrected chi connectivity index (χ0v) is 11.1. The van der Waals surface area contributed by atoms with E-state index < -0.39 is 11.2 Å². The minimum absolute atomic E-state index is 0.160. The maximum absolute atomic E-state index is 11.8. The summed E-state index contributed by atoms with van der Waals surface area (Å²) in [5.74, 6) is 0.160. The van der Waals surface area contributed by atoms with Crippen LogP contribution in [0.4, 0.5) is 5.82 Å². The van der Waals surface area contributed by atoms with Crippen LogP contribution in [0.1, 0.15) is 10.6 Å². The molecule has 0 aliphatic heterocycles. The first-order chi connectivity index (χ1) is 8.50. The second-order valence-corrected chi connectivity index (χ2v) is 4.77. The molecule has 0 atom stereocenters. The molecule has 2 heterocycles. The Hall–Kier alpha value is -1.96. The maximum Gasteiger partial charge on any atom is 0.346 e. The first kappa shape index (κ1) is 12.5. The molecule has 1 N–H and O–H groups in total. The molecule has 0 amide bonds. The van der Waals surface area contributed by atoms with E-state index >= 15 is 0 Å². The molecule has 0 aliphatic carbocycles. The van der Waals surface area contributed by atoms with Crippen LogP contribution in [0.2, 0.25) is 0 Å².